The number of pyridine rings is 1. The van der Waals surface area contributed by atoms with Crippen molar-refractivity contribution < 1.29 is 48.4 Å². The number of halogens is 1. The van der Waals surface area contributed by atoms with E-state index in [1.807, 2.05) is 0 Å². The van der Waals surface area contributed by atoms with Gasteiger partial charge in [-0.1, -0.05) is 0 Å². The van der Waals surface area contributed by atoms with Gasteiger partial charge in [-0.25, -0.2) is 12.6 Å². The Balaban J connectivity index is 1.61. The van der Waals surface area contributed by atoms with Crippen molar-refractivity contribution in [2.75, 3.05) is 23.0 Å². The highest BCUT2D eigenvalue weighted by atomic mass is 35.5. The second kappa shape index (κ2) is 14.4. The molecule has 0 saturated heterocycles. The number of primary amides is 1. The van der Waals surface area contributed by atoms with Gasteiger partial charge in [0.15, 0.2) is 15.5 Å². The Labute approximate surface area is 287 Å². The number of aromatic nitrogens is 4. The minimum atomic E-state index is -4.88. The number of sulfone groups is 1. The number of nitrogens with two attached hydrogens (primary N) is 1. The molecule has 0 aliphatic carbocycles. The Hall–Kier alpha value is -5.11. The van der Waals surface area contributed by atoms with E-state index in [2.05, 4.69) is 40.0 Å². The van der Waals surface area contributed by atoms with Crippen LogP contribution in [0, 0.1) is 6.92 Å². The lowest BCUT2D eigenvalue weighted by molar-refractivity contribution is 0.0995. The van der Waals surface area contributed by atoms with Gasteiger partial charge in [-0.3, -0.25) is 23.3 Å². The minimum Gasteiger partial charge on any atom is -0.494 e. The molecule has 0 radical (unpaired) electrons. The topological polar surface area (TPSA) is 325 Å². The number of carbonyl (C=O) groups is 1. The average Bonchev–Trinajstić information content (AvgIpc) is 2.98. The Morgan fingerprint density at radius 1 is 0.960 bits per heavy atom. The first-order chi connectivity index (χ1) is 23.2. The van der Waals surface area contributed by atoms with E-state index in [0.717, 1.165) is 19.2 Å². The van der Waals surface area contributed by atoms with Gasteiger partial charge in [0.25, 0.3) is 21.6 Å². The van der Waals surface area contributed by atoms with Gasteiger partial charge < -0.3 is 21.5 Å². The molecule has 21 nitrogen and oxygen atoms in total. The average molecular weight is 774 g/mol. The van der Waals surface area contributed by atoms with Gasteiger partial charge in [0, 0.05) is 24.0 Å². The predicted octanol–water partition coefficient (Wildman–Crippen LogP) is 2.08. The van der Waals surface area contributed by atoms with E-state index < -0.39 is 81.9 Å². The van der Waals surface area contributed by atoms with Gasteiger partial charge in [0.2, 0.25) is 23.1 Å². The molecule has 7 N–H and O–H groups in total. The van der Waals surface area contributed by atoms with Crippen LogP contribution in [0.25, 0.3) is 0 Å². The van der Waals surface area contributed by atoms with Gasteiger partial charge in [-0.2, -0.15) is 31.8 Å². The normalized spacial score (nSPS) is 12.3. The lowest BCUT2D eigenvalue weighted by Crippen LogP contribution is -2.23. The molecule has 2 aromatic heterocycles. The highest BCUT2D eigenvalue weighted by Gasteiger charge is 2.22. The maximum Gasteiger partial charge on any atom is 0.397 e. The fourth-order valence-electron chi connectivity index (χ4n) is 4.11. The molecule has 0 unspecified atom stereocenters. The summed E-state index contributed by atoms with van der Waals surface area (Å²) < 4.78 is 93.4. The number of nitrogens with zero attached hydrogens (tertiary/aromatic N) is 6. The van der Waals surface area contributed by atoms with Crippen LogP contribution >= 0.6 is 11.6 Å². The van der Waals surface area contributed by atoms with E-state index >= 15 is 0 Å². The molecule has 2 aromatic carbocycles. The number of amides is 1. The van der Waals surface area contributed by atoms with E-state index in [1.54, 1.807) is 0 Å². The van der Waals surface area contributed by atoms with Crippen molar-refractivity contribution in [3.8, 4) is 5.88 Å². The number of aromatic hydroxyl groups is 1. The summed E-state index contributed by atoms with van der Waals surface area (Å²) in [6.07, 6.45) is 0. The molecule has 0 bridgehead atoms. The van der Waals surface area contributed by atoms with Crippen molar-refractivity contribution in [2.45, 2.75) is 16.7 Å². The Bertz CT molecular complexity index is 2420. The number of hydrogen-bond donors (Lipinski definition) is 6. The molecular formula is C25H24ClN9O12S3. The Morgan fingerprint density at radius 3 is 2.10 bits per heavy atom. The first-order valence-corrected chi connectivity index (χ1v) is 18.2. The van der Waals surface area contributed by atoms with Crippen molar-refractivity contribution in [3.05, 3.63) is 69.2 Å². The van der Waals surface area contributed by atoms with Crippen LogP contribution in [0.3, 0.4) is 0 Å². The molecule has 2 heterocycles. The van der Waals surface area contributed by atoms with Crippen molar-refractivity contribution in [2.24, 2.45) is 23.0 Å². The highest BCUT2D eigenvalue weighted by Crippen LogP contribution is 2.32. The molecule has 1 amide bonds. The third kappa shape index (κ3) is 9.11. The van der Waals surface area contributed by atoms with Gasteiger partial charge >= 0.3 is 10.4 Å². The van der Waals surface area contributed by atoms with Crippen LogP contribution in [0.15, 0.2) is 67.3 Å². The number of hydrogen-bond acceptors (Lipinski definition) is 17. The Morgan fingerprint density at radius 2 is 1.54 bits per heavy atom. The van der Waals surface area contributed by atoms with Crippen LogP contribution in [-0.2, 0) is 41.6 Å². The molecule has 0 fully saturated rings. The summed E-state index contributed by atoms with van der Waals surface area (Å²) in [5.41, 5.74) is 3.24. The predicted molar refractivity (Wildman–Crippen MR) is 174 cm³/mol. The lowest BCUT2D eigenvalue weighted by Gasteiger charge is -2.11. The van der Waals surface area contributed by atoms with E-state index in [9.17, 15) is 44.5 Å². The van der Waals surface area contributed by atoms with E-state index in [1.165, 1.54) is 37.3 Å². The molecule has 0 aliphatic heterocycles. The maximum absolute atomic E-state index is 12.7. The smallest absolute Gasteiger partial charge is 0.397 e. The molecule has 0 spiro atoms. The van der Waals surface area contributed by atoms with Crippen molar-refractivity contribution in [1.29, 1.82) is 0 Å². The van der Waals surface area contributed by atoms with E-state index in [4.69, 9.17) is 21.9 Å². The summed E-state index contributed by atoms with van der Waals surface area (Å²) >= 11 is 6.05. The molecule has 266 valence electrons. The first kappa shape index (κ1) is 37.7. The highest BCUT2D eigenvalue weighted by molar-refractivity contribution is 7.91. The van der Waals surface area contributed by atoms with Crippen LogP contribution in [-0.4, -0.2) is 77.3 Å². The Kier molecular flexibility index (Phi) is 10.9. The summed E-state index contributed by atoms with van der Waals surface area (Å²) in [4.78, 5) is 35.7. The number of nitrogens with one attached hydrogen (secondary N) is 2. The molecule has 4 aromatic rings. The van der Waals surface area contributed by atoms with Crippen molar-refractivity contribution in [3.63, 3.8) is 0 Å². The van der Waals surface area contributed by atoms with Crippen LogP contribution in [0.4, 0.5) is 34.6 Å². The largest absolute Gasteiger partial charge is 0.494 e. The molecule has 4 rings (SSSR count). The standard InChI is InChI=1S/C25H24ClN9O12S3/c1-12-18(20(27)36)21(37)35(2)22(38)19(12)34-33-16-11-14(5-8-17(16)49(41,42)43)29-25-31-23(26)30-24(32-25)28-13-3-6-15(7-4-13)48(39,40)10-9-47-50(44,45)46/h3-8,11,37H,9-10H2,1-2H3,(H2,27,36)(H,41,42,43)(H,44,45,46)(H2,28,29,30,31,32). The third-order valence-electron chi connectivity index (χ3n) is 6.44. The van der Waals surface area contributed by atoms with Gasteiger partial charge in [0.05, 0.1) is 17.3 Å². The minimum absolute atomic E-state index is 0.0697. The summed E-state index contributed by atoms with van der Waals surface area (Å²) in [7, 11) is -12.5. The van der Waals surface area contributed by atoms with Gasteiger partial charge in [-0.05, 0) is 61.0 Å². The van der Waals surface area contributed by atoms with Crippen LogP contribution in [0.2, 0.25) is 5.28 Å². The van der Waals surface area contributed by atoms with Gasteiger partial charge in [-0.15, -0.1) is 10.2 Å². The SMILES string of the molecule is Cc1c(C(N)=O)c(O)n(C)c(=O)c1N=Nc1cc(Nc2nc(Cl)nc(Nc3ccc(S(=O)(=O)CCOS(=O)(=O)O)cc3)n2)ccc1S(=O)(=O)O. The molecule has 0 aliphatic rings. The second-order valence-corrected chi connectivity index (χ2v) is 14.8. The number of anilines is 4. The number of azo groups is 1. The molecule has 0 saturated carbocycles. The zero-order chi connectivity index (χ0) is 37.2. The monoisotopic (exact) mass is 773 g/mol. The molecular weight excluding hydrogens is 750 g/mol. The van der Waals surface area contributed by atoms with Crippen molar-refractivity contribution in [1.82, 2.24) is 19.5 Å². The lowest BCUT2D eigenvalue weighted by atomic mass is 10.1. The summed E-state index contributed by atoms with van der Waals surface area (Å²) in [6, 6.07) is 8.31. The summed E-state index contributed by atoms with van der Waals surface area (Å²) in [6.45, 7) is 0.454. The first-order valence-electron chi connectivity index (χ1n) is 13.3. The van der Waals surface area contributed by atoms with Crippen LogP contribution in [0.5, 0.6) is 5.88 Å². The summed E-state index contributed by atoms with van der Waals surface area (Å²) in [5, 5.41) is 22.9. The number of rotatable bonds is 13. The van der Waals surface area contributed by atoms with E-state index in [0.29, 0.717) is 4.57 Å². The fourth-order valence-corrected chi connectivity index (χ4v) is 6.36. The third-order valence-corrected chi connectivity index (χ3v) is 9.67. The molecule has 0 atom stereocenters. The zero-order valence-electron chi connectivity index (χ0n) is 25.3. The fraction of sp³-hybridized carbons (Fsp3) is 0.160. The molecule has 25 heteroatoms. The van der Waals surface area contributed by atoms with Crippen LogP contribution < -0.4 is 21.9 Å². The summed E-state index contributed by atoms with van der Waals surface area (Å²) in [5.74, 6) is -2.86. The molecule has 50 heavy (non-hydrogen) atoms. The maximum atomic E-state index is 12.7. The van der Waals surface area contributed by atoms with Crippen LogP contribution in [0.1, 0.15) is 15.9 Å². The quantitative estimate of drug-likeness (QED) is 0.0836. The zero-order valence-corrected chi connectivity index (χ0v) is 28.5. The number of benzene rings is 2. The van der Waals surface area contributed by atoms with Crippen molar-refractivity contribution >= 4 is 82.5 Å². The number of carbonyl (C=O) groups excluding carboxylic acids is 1. The van der Waals surface area contributed by atoms with Gasteiger partial charge in [0.1, 0.15) is 16.1 Å². The van der Waals surface area contributed by atoms with E-state index in [-0.39, 0.29) is 39.0 Å². The second-order valence-electron chi connectivity index (χ2n) is 9.85.